The number of nitrogens with two attached hydrogens (primary N) is 1. The summed E-state index contributed by atoms with van der Waals surface area (Å²) in [7, 11) is 0. The van der Waals surface area contributed by atoms with E-state index in [4.69, 9.17) is 5.73 Å². The number of hydrogen-bond acceptors (Lipinski definition) is 2. The lowest BCUT2D eigenvalue weighted by Crippen LogP contribution is -2.31. The van der Waals surface area contributed by atoms with E-state index in [9.17, 15) is 4.79 Å². The van der Waals surface area contributed by atoms with Gasteiger partial charge in [-0.2, -0.15) is 0 Å². The fourth-order valence-corrected chi connectivity index (χ4v) is 2.02. The Labute approximate surface area is 73.8 Å². The molecule has 0 aromatic carbocycles. The molecule has 2 atom stereocenters. The van der Waals surface area contributed by atoms with Crippen LogP contribution in [0.2, 0.25) is 0 Å². The fraction of sp³-hybridized carbons (Fsp3) is 0.700. The zero-order valence-corrected chi connectivity index (χ0v) is 7.46. The van der Waals surface area contributed by atoms with Gasteiger partial charge in [0.15, 0.2) is 5.78 Å². The lowest BCUT2D eigenvalue weighted by Gasteiger charge is -2.28. The van der Waals surface area contributed by atoms with Crippen LogP contribution in [0, 0.1) is 11.8 Å². The highest BCUT2D eigenvalue weighted by molar-refractivity contribution is 5.91. The molecule has 1 rings (SSSR count). The van der Waals surface area contributed by atoms with Gasteiger partial charge in [0.05, 0.1) is 0 Å². The molecule has 0 aromatic heterocycles. The van der Waals surface area contributed by atoms with E-state index >= 15 is 0 Å². The minimum atomic E-state index is 0.168. The lowest BCUT2D eigenvalue weighted by molar-refractivity contribution is -0.120. The van der Waals surface area contributed by atoms with Gasteiger partial charge in [-0.25, -0.2) is 0 Å². The second-order valence-electron chi connectivity index (χ2n) is 3.49. The quantitative estimate of drug-likeness (QED) is 0.647. The molecule has 1 saturated carbocycles. The van der Waals surface area contributed by atoms with Crippen LogP contribution in [-0.4, -0.2) is 12.3 Å². The smallest absolute Gasteiger partial charge is 0.158 e. The van der Waals surface area contributed by atoms with Crippen molar-refractivity contribution in [1.29, 1.82) is 0 Å². The van der Waals surface area contributed by atoms with Crippen molar-refractivity contribution in [2.75, 3.05) is 6.54 Å². The lowest BCUT2D eigenvalue weighted by atomic mass is 9.77. The number of carbonyl (C=O) groups is 1. The molecule has 2 N–H and O–H groups in total. The molecule has 2 unspecified atom stereocenters. The van der Waals surface area contributed by atoms with Crippen LogP contribution in [0.5, 0.6) is 0 Å². The van der Waals surface area contributed by atoms with Crippen LogP contribution in [0.4, 0.5) is 0 Å². The summed E-state index contributed by atoms with van der Waals surface area (Å²) < 4.78 is 0. The molecule has 2 heteroatoms. The molecule has 0 amide bonds. The molecular weight excluding hydrogens is 150 g/mol. The van der Waals surface area contributed by atoms with Crippen LogP contribution < -0.4 is 5.73 Å². The highest BCUT2D eigenvalue weighted by Gasteiger charge is 2.27. The first kappa shape index (κ1) is 9.46. The van der Waals surface area contributed by atoms with Crippen molar-refractivity contribution in [3.63, 3.8) is 0 Å². The monoisotopic (exact) mass is 167 g/mol. The first-order chi connectivity index (χ1) is 5.79. The highest BCUT2D eigenvalue weighted by Crippen LogP contribution is 2.29. The number of hydrogen-bond donors (Lipinski definition) is 1. The molecule has 0 aromatic rings. The average molecular weight is 167 g/mol. The Bertz CT molecular complexity index is 177. The Balaban J connectivity index is 2.58. The predicted molar refractivity (Wildman–Crippen MR) is 49.7 cm³/mol. The second-order valence-corrected chi connectivity index (χ2v) is 3.49. The first-order valence-electron chi connectivity index (χ1n) is 4.66. The van der Waals surface area contributed by atoms with Crippen molar-refractivity contribution in [2.24, 2.45) is 17.6 Å². The van der Waals surface area contributed by atoms with E-state index in [0.29, 0.717) is 12.5 Å². The Kier molecular flexibility index (Phi) is 3.48. The molecule has 0 bridgehead atoms. The summed E-state index contributed by atoms with van der Waals surface area (Å²) in [5, 5.41) is 0. The maximum Gasteiger partial charge on any atom is 0.158 e. The van der Waals surface area contributed by atoms with E-state index in [1.54, 1.807) is 0 Å². The molecule has 0 spiro atoms. The largest absolute Gasteiger partial charge is 0.330 e. The van der Waals surface area contributed by atoms with Gasteiger partial charge in [-0.15, -0.1) is 0 Å². The third kappa shape index (κ3) is 1.95. The van der Waals surface area contributed by atoms with Crippen LogP contribution >= 0.6 is 0 Å². The molecule has 1 aliphatic rings. The maximum absolute atomic E-state index is 11.4. The molecule has 0 saturated heterocycles. The van der Waals surface area contributed by atoms with Crippen molar-refractivity contribution in [3.05, 3.63) is 12.7 Å². The Hall–Kier alpha value is -0.630. The topological polar surface area (TPSA) is 43.1 Å². The van der Waals surface area contributed by atoms with Crippen molar-refractivity contribution < 1.29 is 4.79 Å². The summed E-state index contributed by atoms with van der Waals surface area (Å²) in [5.74, 6) is 0.760. The third-order valence-electron chi connectivity index (χ3n) is 2.78. The molecule has 1 fully saturated rings. The standard InChI is InChI=1S/C10H17NO/c1-2-10(12)9-6-4-3-5-8(9)7-11/h2,8-9H,1,3-7,11H2. The van der Waals surface area contributed by atoms with Crippen LogP contribution in [0.3, 0.4) is 0 Å². The zero-order valence-electron chi connectivity index (χ0n) is 7.46. The fourth-order valence-electron chi connectivity index (χ4n) is 2.02. The zero-order chi connectivity index (χ0) is 8.97. The van der Waals surface area contributed by atoms with E-state index in [1.165, 1.54) is 18.9 Å². The van der Waals surface area contributed by atoms with Crippen LogP contribution in [0.1, 0.15) is 25.7 Å². The van der Waals surface area contributed by atoms with Gasteiger partial charge < -0.3 is 5.73 Å². The van der Waals surface area contributed by atoms with Gasteiger partial charge in [-0.3, -0.25) is 4.79 Å². The highest BCUT2D eigenvalue weighted by atomic mass is 16.1. The Morgan fingerprint density at radius 3 is 2.75 bits per heavy atom. The van der Waals surface area contributed by atoms with Gasteiger partial charge in [0.1, 0.15) is 0 Å². The summed E-state index contributed by atoms with van der Waals surface area (Å²) in [5.41, 5.74) is 5.60. The summed E-state index contributed by atoms with van der Waals surface area (Å²) in [6.45, 7) is 4.16. The van der Waals surface area contributed by atoms with Crippen LogP contribution in [0.15, 0.2) is 12.7 Å². The van der Waals surface area contributed by atoms with Crippen molar-refractivity contribution in [3.8, 4) is 0 Å². The predicted octanol–water partition coefficient (Wildman–Crippen LogP) is 1.51. The molecule has 2 nitrogen and oxygen atoms in total. The van der Waals surface area contributed by atoms with Gasteiger partial charge in [0, 0.05) is 5.92 Å². The van der Waals surface area contributed by atoms with Crippen molar-refractivity contribution >= 4 is 5.78 Å². The van der Waals surface area contributed by atoms with Gasteiger partial charge in [-0.1, -0.05) is 19.4 Å². The summed E-state index contributed by atoms with van der Waals surface area (Å²) >= 11 is 0. The van der Waals surface area contributed by atoms with E-state index in [2.05, 4.69) is 6.58 Å². The number of carbonyl (C=O) groups excluding carboxylic acids is 1. The third-order valence-corrected chi connectivity index (χ3v) is 2.78. The molecule has 1 aliphatic carbocycles. The summed E-state index contributed by atoms with van der Waals surface area (Å²) in [6.07, 6.45) is 5.95. The SMILES string of the molecule is C=CC(=O)C1CCCCC1CN. The number of allylic oxidation sites excluding steroid dienone is 1. The summed E-state index contributed by atoms with van der Waals surface area (Å²) in [6, 6.07) is 0. The maximum atomic E-state index is 11.4. The Morgan fingerprint density at radius 2 is 2.17 bits per heavy atom. The van der Waals surface area contributed by atoms with E-state index in [1.807, 2.05) is 0 Å². The van der Waals surface area contributed by atoms with Crippen LogP contribution in [-0.2, 0) is 4.79 Å². The molecule has 12 heavy (non-hydrogen) atoms. The van der Waals surface area contributed by atoms with E-state index in [0.717, 1.165) is 12.8 Å². The van der Waals surface area contributed by atoms with E-state index in [-0.39, 0.29) is 11.7 Å². The molecule has 68 valence electrons. The van der Waals surface area contributed by atoms with Gasteiger partial charge >= 0.3 is 0 Å². The minimum Gasteiger partial charge on any atom is -0.330 e. The molecular formula is C10H17NO. The van der Waals surface area contributed by atoms with Crippen LogP contribution in [0.25, 0.3) is 0 Å². The summed E-state index contributed by atoms with van der Waals surface area (Å²) in [4.78, 5) is 11.4. The number of ketones is 1. The normalized spacial score (nSPS) is 29.8. The molecule has 0 aliphatic heterocycles. The second kappa shape index (κ2) is 4.41. The van der Waals surface area contributed by atoms with Gasteiger partial charge in [-0.05, 0) is 31.4 Å². The minimum absolute atomic E-state index is 0.168. The van der Waals surface area contributed by atoms with Gasteiger partial charge in [0.25, 0.3) is 0 Å². The van der Waals surface area contributed by atoms with Crippen molar-refractivity contribution in [1.82, 2.24) is 0 Å². The van der Waals surface area contributed by atoms with E-state index < -0.39 is 0 Å². The number of rotatable bonds is 3. The molecule has 0 heterocycles. The first-order valence-corrected chi connectivity index (χ1v) is 4.66. The molecule has 0 radical (unpaired) electrons. The van der Waals surface area contributed by atoms with Gasteiger partial charge in [0.2, 0.25) is 0 Å². The van der Waals surface area contributed by atoms with Crippen molar-refractivity contribution in [2.45, 2.75) is 25.7 Å². The average Bonchev–Trinajstić information content (AvgIpc) is 2.16. The Morgan fingerprint density at radius 1 is 1.50 bits per heavy atom.